The molecule has 0 aromatic heterocycles. The van der Waals surface area contributed by atoms with Crippen LogP contribution in [0.2, 0.25) is 0 Å². The second kappa shape index (κ2) is 6.05. The Labute approximate surface area is 113 Å². The highest BCUT2D eigenvalue weighted by molar-refractivity contribution is 5.91. The average molecular weight is 254 g/mol. The molecule has 0 saturated heterocycles. The number of amides is 2. The summed E-state index contributed by atoms with van der Waals surface area (Å²) >= 11 is 0. The van der Waals surface area contributed by atoms with Gasteiger partial charge in [0.25, 0.3) is 0 Å². The molecule has 0 aliphatic rings. The fourth-order valence-corrected chi connectivity index (χ4v) is 1.77. The van der Waals surface area contributed by atoms with E-state index >= 15 is 0 Å². The van der Waals surface area contributed by atoms with E-state index in [9.17, 15) is 4.79 Å². The number of urea groups is 1. The van der Waals surface area contributed by atoms with Gasteiger partial charge in [-0.25, -0.2) is 4.79 Å². The van der Waals surface area contributed by atoms with Crippen LogP contribution in [0.1, 0.15) is 11.1 Å². The molecule has 0 aliphatic heterocycles. The molecule has 0 unspecified atom stereocenters. The summed E-state index contributed by atoms with van der Waals surface area (Å²) in [4.78, 5) is 13.6. The molecule has 0 heterocycles. The lowest BCUT2D eigenvalue weighted by Gasteiger charge is -2.18. The smallest absolute Gasteiger partial charge is 0.321 e. The van der Waals surface area contributed by atoms with Crippen molar-refractivity contribution in [2.75, 3.05) is 11.9 Å². The first-order valence-electron chi connectivity index (χ1n) is 6.29. The molecule has 0 aliphatic carbocycles. The largest absolute Gasteiger partial charge is 0.334 e. The standard InChI is InChI=1S/C16H18N2O/c1-13-8-10-14(11-9-13)12-17-16(19)18(2)15-6-4-3-5-7-15/h3-11H,12H2,1-2H3,(H,17,19). The maximum atomic E-state index is 12.0. The van der Waals surface area contributed by atoms with Gasteiger partial charge in [-0.05, 0) is 24.6 Å². The van der Waals surface area contributed by atoms with Gasteiger partial charge in [0.2, 0.25) is 0 Å². The van der Waals surface area contributed by atoms with Crippen LogP contribution in [0, 0.1) is 6.92 Å². The fourth-order valence-electron chi connectivity index (χ4n) is 1.77. The van der Waals surface area contributed by atoms with Crippen molar-refractivity contribution in [1.82, 2.24) is 5.32 Å². The number of nitrogens with one attached hydrogen (secondary N) is 1. The summed E-state index contributed by atoms with van der Waals surface area (Å²) in [6, 6.07) is 17.6. The summed E-state index contributed by atoms with van der Waals surface area (Å²) in [7, 11) is 1.76. The third-order valence-electron chi connectivity index (χ3n) is 3.01. The molecule has 2 rings (SSSR count). The van der Waals surface area contributed by atoms with Crippen LogP contribution in [0.25, 0.3) is 0 Å². The maximum Gasteiger partial charge on any atom is 0.321 e. The Morgan fingerprint density at radius 1 is 1.05 bits per heavy atom. The van der Waals surface area contributed by atoms with Gasteiger partial charge in [0.1, 0.15) is 0 Å². The zero-order valence-electron chi connectivity index (χ0n) is 11.3. The number of carbonyl (C=O) groups excluding carboxylic acids is 1. The van der Waals surface area contributed by atoms with Crippen molar-refractivity contribution in [3.8, 4) is 0 Å². The molecule has 0 atom stereocenters. The first-order chi connectivity index (χ1) is 9.16. The van der Waals surface area contributed by atoms with Crippen LogP contribution in [-0.2, 0) is 6.54 Å². The molecule has 98 valence electrons. The zero-order valence-corrected chi connectivity index (χ0v) is 11.3. The monoisotopic (exact) mass is 254 g/mol. The quantitative estimate of drug-likeness (QED) is 0.895. The van der Waals surface area contributed by atoms with Crippen LogP contribution in [-0.4, -0.2) is 13.1 Å². The van der Waals surface area contributed by atoms with Gasteiger partial charge in [-0.2, -0.15) is 0 Å². The molecule has 0 spiro atoms. The van der Waals surface area contributed by atoms with E-state index in [1.165, 1.54) is 5.56 Å². The summed E-state index contributed by atoms with van der Waals surface area (Å²) in [6.07, 6.45) is 0. The second-order valence-electron chi connectivity index (χ2n) is 4.54. The van der Waals surface area contributed by atoms with Crippen molar-refractivity contribution in [3.05, 3.63) is 65.7 Å². The Bertz CT molecular complexity index is 534. The number of hydrogen-bond donors (Lipinski definition) is 1. The molecule has 1 N–H and O–H groups in total. The molecule has 0 saturated carbocycles. The van der Waals surface area contributed by atoms with Crippen LogP contribution in [0.5, 0.6) is 0 Å². The van der Waals surface area contributed by atoms with Gasteiger partial charge in [-0.15, -0.1) is 0 Å². The molecular weight excluding hydrogens is 236 g/mol. The van der Waals surface area contributed by atoms with E-state index < -0.39 is 0 Å². The highest BCUT2D eigenvalue weighted by atomic mass is 16.2. The number of benzene rings is 2. The van der Waals surface area contributed by atoms with Gasteiger partial charge in [0.05, 0.1) is 0 Å². The molecule has 2 aromatic rings. The van der Waals surface area contributed by atoms with E-state index in [1.54, 1.807) is 11.9 Å². The minimum atomic E-state index is -0.105. The second-order valence-corrected chi connectivity index (χ2v) is 4.54. The molecule has 0 bridgehead atoms. The van der Waals surface area contributed by atoms with Crippen molar-refractivity contribution in [1.29, 1.82) is 0 Å². The Morgan fingerprint density at radius 2 is 1.68 bits per heavy atom. The van der Waals surface area contributed by atoms with Gasteiger partial charge in [0, 0.05) is 19.3 Å². The van der Waals surface area contributed by atoms with Gasteiger partial charge in [-0.1, -0.05) is 48.0 Å². The minimum Gasteiger partial charge on any atom is -0.334 e. The topological polar surface area (TPSA) is 32.3 Å². The minimum absolute atomic E-state index is 0.105. The van der Waals surface area contributed by atoms with Crippen molar-refractivity contribution in [2.45, 2.75) is 13.5 Å². The molecule has 2 amide bonds. The van der Waals surface area contributed by atoms with Crippen LogP contribution < -0.4 is 10.2 Å². The molecule has 0 fully saturated rings. The van der Waals surface area contributed by atoms with E-state index in [0.29, 0.717) is 6.54 Å². The number of carbonyl (C=O) groups is 1. The normalized spacial score (nSPS) is 10.0. The van der Waals surface area contributed by atoms with Crippen molar-refractivity contribution in [3.63, 3.8) is 0 Å². The van der Waals surface area contributed by atoms with Gasteiger partial charge >= 0.3 is 6.03 Å². The van der Waals surface area contributed by atoms with E-state index in [1.807, 2.05) is 61.5 Å². The summed E-state index contributed by atoms with van der Waals surface area (Å²) in [5, 5.41) is 2.90. The lowest BCUT2D eigenvalue weighted by molar-refractivity contribution is 0.247. The molecule has 2 aromatic carbocycles. The predicted octanol–water partition coefficient (Wildman–Crippen LogP) is 3.34. The van der Waals surface area contributed by atoms with Gasteiger partial charge < -0.3 is 5.32 Å². The van der Waals surface area contributed by atoms with Crippen molar-refractivity contribution >= 4 is 11.7 Å². The Morgan fingerprint density at radius 3 is 2.32 bits per heavy atom. The van der Waals surface area contributed by atoms with Crippen LogP contribution in [0.15, 0.2) is 54.6 Å². The van der Waals surface area contributed by atoms with Crippen molar-refractivity contribution in [2.24, 2.45) is 0 Å². The SMILES string of the molecule is Cc1ccc(CNC(=O)N(C)c2ccccc2)cc1. The number of para-hydroxylation sites is 1. The van der Waals surface area contributed by atoms with Crippen LogP contribution >= 0.6 is 0 Å². The molecular formula is C16H18N2O. The van der Waals surface area contributed by atoms with Crippen LogP contribution in [0.3, 0.4) is 0 Å². The van der Waals surface area contributed by atoms with Gasteiger partial charge in [-0.3, -0.25) is 4.90 Å². The summed E-state index contributed by atoms with van der Waals surface area (Å²) < 4.78 is 0. The average Bonchev–Trinajstić information content (AvgIpc) is 2.46. The zero-order chi connectivity index (χ0) is 13.7. The lowest BCUT2D eigenvalue weighted by Crippen LogP contribution is -2.36. The lowest BCUT2D eigenvalue weighted by atomic mass is 10.1. The molecule has 3 heteroatoms. The Balaban J connectivity index is 1.93. The maximum absolute atomic E-state index is 12.0. The van der Waals surface area contributed by atoms with Crippen LogP contribution in [0.4, 0.5) is 10.5 Å². The highest BCUT2D eigenvalue weighted by Gasteiger charge is 2.09. The number of rotatable bonds is 3. The summed E-state index contributed by atoms with van der Waals surface area (Å²) in [5.74, 6) is 0. The molecule has 0 radical (unpaired) electrons. The fraction of sp³-hybridized carbons (Fsp3) is 0.188. The number of aryl methyl sites for hydroxylation is 1. The first-order valence-corrected chi connectivity index (χ1v) is 6.29. The highest BCUT2D eigenvalue weighted by Crippen LogP contribution is 2.11. The first kappa shape index (κ1) is 13.1. The van der Waals surface area contributed by atoms with E-state index in [4.69, 9.17) is 0 Å². The van der Waals surface area contributed by atoms with E-state index in [2.05, 4.69) is 5.32 Å². The molecule has 19 heavy (non-hydrogen) atoms. The summed E-state index contributed by atoms with van der Waals surface area (Å²) in [5.41, 5.74) is 3.20. The number of anilines is 1. The third kappa shape index (κ3) is 3.58. The van der Waals surface area contributed by atoms with Gasteiger partial charge in [0.15, 0.2) is 0 Å². The predicted molar refractivity (Wildman–Crippen MR) is 78.3 cm³/mol. The number of hydrogen-bond acceptors (Lipinski definition) is 1. The summed E-state index contributed by atoms with van der Waals surface area (Å²) in [6.45, 7) is 2.59. The Kier molecular flexibility index (Phi) is 4.18. The van der Waals surface area contributed by atoms with E-state index in [0.717, 1.165) is 11.3 Å². The Hall–Kier alpha value is -2.29. The third-order valence-corrected chi connectivity index (χ3v) is 3.01. The number of nitrogens with zero attached hydrogens (tertiary/aromatic N) is 1. The molecule has 3 nitrogen and oxygen atoms in total. The van der Waals surface area contributed by atoms with E-state index in [-0.39, 0.29) is 6.03 Å². The van der Waals surface area contributed by atoms with Crippen molar-refractivity contribution < 1.29 is 4.79 Å².